The number of aryl methyl sites for hydroxylation is 1. The van der Waals surface area contributed by atoms with E-state index in [0.29, 0.717) is 0 Å². The molecule has 1 aliphatic carbocycles. The molecule has 0 aromatic heterocycles. The summed E-state index contributed by atoms with van der Waals surface area (Å²) in [5.74, 6) is -0.653. The van der Waals surface area contributed by atoms with Crippen LogP contribution in [0, 0.1) is 11.8 Å². The van der Waals surface area contributed by atoms with Crippen molar-refractivity contribution >= 4 is 35.2 Å². The fourth-order valence-corrected chi connectivity index (χ4v) is 6.71. The van der Waals surface area contributed by atoms with E-state index in [2.05, 4.69) is 17.6 Å². The molecule has 1 aromatic rings. The maximum absolute atomic E-state index is 13.8. The summed E-state index contributed by atoms with van der Waals surface area (Å²) in [6, 6.07) is 5.75. The highest BCUT2D eigenvalue weighted by molar-refractivity contribution is 7.98. The molecular weight excluding hydrogens is 398 g/mol. The first-order valence-electron chi connectivity index (χ1n) is 11.1. The van der Waals surface area contributed by atoms with Crippen molar-refractivity contribution in [3.05, 3.63) is 29.3 Å². The number of para-hydroxylation sites is 1. The van der Waals surface area contributed by atoms with Crippen molar-refractivity contribution in [2.24, 2.45) is 11.8 Å². The van der Waals surface area contributed by atoms with E-state index in [1.165, 1.54) is 0 Å². The molecule has 1 aromatic carbocycles. The van der Waals surface area contributed by atoms with Crippen molar-refractivity contribution in [2.45, 2.75) is 63.1 Å². The summed E-state index contributed by atoms with van der Waals surface area (Å²) in [7, 11) is 0. The maximum Gasteiger partial charge on any atom is 0.250 e. The van der Waals surface area contributed by atoms with Crippen LogP contribution < -0.4 is 10.6 Å². The van der Waals surface area contributed by atoms with E-state index < -0.39 is 17.4 Å². The fourth-order valence-electron chi connectivity index (χ4n) is 6.22. The van der Waals surface area contributed by atoms with Crippen LogP contribution in [0.2, 0.25) is 0 Å². The summed E-state index contributed by atoms with van der Waals surface area (Å²) in [5.41, 5.74) is 1.58. The van der Waals surface area contributed by atoms with Crippen LogP contribution in [0.25, 0.3) is 0 Å². The molecule has 5 rings (SSSR count). The molecule has 2 N–H and O–H groups in total. The second-order valence-electron chi connectivity index (χ2n) is 8.98. The number of rotatable bonds is 5. The van der Waals surface area contributed by atoms with E-state index in [4.69, 9.17) is 0 Å². The van der Waals surface area contributed by atoms with Gasteiger partial charge in [0.15, 0.2) is 0 Å². The fraction of sp³-hybridized carbons (Fsp3) is 0.609. The summed E-state index contributed by atoms with van der Waals surface area (Å²) in [6.07, 6.45) is 7.48. The number of nitrogens with one attached hydrogen (secondary N) is 2. The minimum Gasteiger partial charge on any atom is -0.324 e. The SMILES string of the molecule is CCc1cccc2c1NC(=O)C21NC(CCSC)C2C(=O)N(C3CCCC3)C(=O)C21. The molecule has 1 spiro atoms. The lowest BCUT2D eigenvalue weighted by Gasteiger charge is -2.31. The molecule has 3 amide bonds. The molecule has 4 unspecified atom stereocenters. The Morgan fingerprint density at radius 3 is 2.63 bits per heavy atom. The number of benzene rings is 1. The number of thioether (sulfide) groups is 1. The lowest BCUT2D eigenvalue weighted by molar-refractivity contribution is -0.145. The predicted octanol–water partition coefficient (Wildman–Crippen LogP) is 2.67. The van der Waals surface area contributed by atoms with Gasteiger partial charge in [-0.25, -0.2) is 0 Å². The number of fused-ring (bicyclic) bond motifs is 4. The molecule has 3 aliphatic heterocycles. The van der Waals surface area contributed by atoms with Gasteiger partial charge in [-0.3, -0.25) is 24.6 Å². The van der Waals surface area contributed by atoms with Crippen LogP contribution >= 0.6 is 11.8 Å². The van der Waals surface area contributed by atoms with Gasteiger partial charge in [0.1, 0.15) is 5.54 Å². The standard InChI is InChI=1S/C23H29N3O3S/c1-3-13-7-6-10-15-19(13)24-22(29)23(15)18-17(16(25-23)11-12-30-2)20(27)26(21(18)28)14-8-4-5-9-14/h6-7,10,14,16-18,25H,3-5,8-9,11-12H2,1-2H3,(H,24,29). The zero-order valence-corrected chi connectivity index (χ0v) is 18.4. The zero-order valence-electron chi connectivity index (χ0n) is 17.6. The molecular formula is C23H29N3O3S. The molecule has 2 saturated heterocycles. The summed E-state index contributed by atoms with van der Waals surface area (Å²) in [4.78, 5) is 42.4. The number of hydrogen-bond acceptors (Lipinski definition) is 5. The number of amides is 3. The average molecular weight is 428 g/mol. The van der Waals surface area contributed by atoms with Crippen LogP contribution in [0.3, 0.4) is 0 Å². The van der Waals surface area contributed by atoms with E-state index in [1.54, 1.807) is 16.7 Å². The first kappa shape index (κ1) is 20.1. The molecule has 4 atom stereocenters. The molecule has 7 heteroatoms. The molecule has 1 saturated carbocycles. The Morgan fingerprint density at radius 2 is 1.93 bits per heavy atom. The van der Waals surface area contributed by atoms with Crippen molar-refractivity contribution in [1.29, 1.82) is 0 Å². The molecule has 160 valence electrons. The highest BCUT2D eigenvalue weighted by Crippen LogP contribution is 2.54. The highest BCUT2D eigenvalue weighted by atomic mass is 32.2. The molecule has 0 radical (unpaired) electrons. The van der Waals surface area contributed by atoms with E-state index >= 15 is 0 Å². The normalized spacial score (nSPS) is 32.9. The number of carbonyl (C=O) groups excluding carboxylic acids is 3. The number of nitrogens with zero attached hydrogens (tertiary/aromatic N) is 1. The molecule has 4 aliphatic rings. The van der Waals surface area contributed by atoms with Crippen molar-refractivity contribution in [1.82, 2.24) is 10.2 Å². The van der Waals surface area contributed by atoms with Gasteiger partial charge < -0.3 is 5.32 Å². The van der Waals surface area contributed by atoms with Gasteiger partial charge >= 0.3 is 0 Å². The lowest BCUT2D eigenvalue weighted by Crippen LogP contribution is -2.54. The highest BCUT2D eigenvalue weighted by Gasteiger charge is 2.70. The number of hydrogen-bond donors (Lipinski definition) is 2. The summed E-state index contributed by atoms with van der Waals surface area (Å²) < 4.78 is 0. The molecule has 30 heavy (non-hydrogen) atoms. The van der Waals surface area contributed by atoms with E-state index in [-0.39, 0.29) is 29.8 Å². The van der Waals surface area contributed by atoms with Crippen LogP contribution in [0.5, 0.6) is 0 Å². The third-order valence-electron chi connectivity index (χ3n) is 7.57. The Bertz CT molecular complexity index is 913. The van der Waals surface area contributed by atoms with Crippen LogP contribution in [0.15, 0.2) is 18.2 Å². The van der Waals surface area contributed by atoms with Crippen LogP contribution in [0.1, 0.15) is 50.2 Å². The van der Waals surface area contributed by atoms with Crippen LogP contribution in [-0.2, 0) is 26.3 Å². The predicted molar refractivity (Wildman–Crippen MR) is 117 cm³/mol. The third-order valence-corrected chi connectivity index (χ3v) is 8.22. The van der Waals surface area contributed by atoms with Crippen molar-refractivity contribution in [3.63, 3.8) is 0 Å². The quantitative estimate of drug-likeness (QED) is 0.707. The van der Waals surface area contributed by atoms with Crippen LogP contribution in [-0.4, -0.2) is 46.7 Å². The summed E-state index contributed by atoms with van der Waals surface area (Å²) in [5, 5.41) is 6.61. The Labute approximate surface area is 181 Å². The minimum absolute atomic E-state index is 0.000221. The second kappa shape index (κ2) is 7.38. The topological polar surface area (TPSA) is 78.5 Å². The molecule has 3 heterocycles. The Balaban J connectivity index is 1.63. The Morgan fingerprint density at radius 1 is 1.17 bits per heavy atom. The van der Waals surface area contributed by atoms with Gasteiger partial charge in [-0.2, -0.15) is 11.8 Å². The third kappa shape index (κ3) is 2.57. The Kier molecular flexibility index (Phi) is 4.93. The zero-order chi connectivity index (χ0) is 21.0. The summed E-state index contributed by atoms with van der Waals surface area (Å²) in [6.45, 7) is 2.06. The minimum atomic E-state index is -1.14. The Hall–Kier alpha value is -1.86. The first-order valence-corrected chi connectivity index (χ1v) is 12.5. The van der Waals surface area contributed by atoms with Gasteiger partial charge in [-0.15, -0.1) is 0 Å². The number of likely N-dealkylation sites (tertiary alicyclic amines) is 1. The van der Waals surface area contributed by atoms with Crippen molar-refractivity contribution in [3.8, 4) is 0 Å². The van der Waals surface area contributed by atoms with E-state index in [9.17, 15) is 14.4 Å². The van der Waals surface area contributed by atoms with E-state index in [1.807, 2.05) is 24.5 Å². The number of imide groups is 1. The first-order chi connectivity index (χ1) is 14.5. The van der Waals surface area contributed by atoms with Gasteiger partial charge in [0.05, 0.1) is 11.8 Å². The second-order valence-corrected chi connectivity index (χ2v) is 9.96. The average Bonchev–Trinajstić information content (AvgIpc) is 3.48. The van der Waals surface area contributed by atoms with Gasteiger partial charge in [0.25, 0.3) is 0 Å². The lowest BCUT2D eigenvalue weighted by atomic mass is 9.76. The van der Waals surface area contributed by atoms with Gasteiger partial charge in [-0.1, -0.05) is 38.0 Å². The van der Waals surface area contributed by atoms with E-state index in [0.717, 1.165) is 61.1 Å². The smallest absolute Gasteiger partial charge is 0.250 e. The molecule has 6 nitrogen and oxygen atoms in total. The molecule has 0 bridgehead atoms. The van der Waals surface area contributed by atoms with Gasteiger partial charge in [0, 0.05) is 23.3 Å². The molecule has 3 fully saturated rings. The number of anilines is 1. The van der Waals surface area contributed by atoms with Gasteiger partial charge in [0.2, 0.25) is 17.7 Å². The monoisotopic (exact) mass is 427 g/mol. The van der Waals surface area contributed by atoms with Crippen molar-refractivity contribution in [2.75, 3.05) is 17.3 Å². The maximum atomic E-state index is 13.8. The number of carbonyl (C=O) groups is 3. The van der Waals surface area contributed by atoms with Gasteiger partial charge in [-0.05, 0) is 43.3 Å². The largest absolute Gasteiger partial charge is 0.324 e. The summed E-state index contributed by atoms with van der Waals surface area (Å²) >= 11 is 1.72. The van der Waals surface area contributed by atoms with Crippen molar-refractivity contribution < 1.29 is 14.4 Å². The van der Waals surface area contributed by atoms with Crippen LogP contribution in [0.4, 0.5) is 5.69 Å².